The van der Waals surface area contributed by atoms with Gasteiger partial charge in [-0.25, -0.2) is 4.58 Å². The Bertz CT molecular complexity index is 453. The molecular weight excluding hydrogens is 272 g/mol. The molecule has 0 atom stereocenters. The summed E-state index contributed by atoms with van der Waals surface area (Å²) in [4.78, 5) is 13.1. The predicted molar refractivity (Wildman–Crippen MR) is 75.9 cm³/mol. The molecule has 0 N–H and O–H groups in total. The van der Waals surface area contributed by atoms with Crippen LogP contribution < -0.4 is 9.25 Å². The van der Waals surface area contributed by atoms with Gasteiger partial charge in [-0.1, -0.05) is 10.3 Å². The van der Waals surface area contributed by atoms with E-state index in [0.717, 1.165) is 0 Å². The lowest BCUT2D eigenvalue weighted by Gasteiger charge is -2.08. The van der Waals surface area contributed by atoms with Crippen molar-refractivity contribution in [2.45, 2.75) is 17.1 Å². The van der Waals surface area contributed by atoms with Gasteiger partial charge in [0.05, 0.1) is 9.96 Å². The number of carbonyl (C=O) groups excluding carboxylic acids is 1. The Morgan fingerprint density at radius 1 is 1.41 bits per heavy atom. The van der Waals surface area contributed by atoms with Crippen LogP contribution >= 0.6 is 32.4 Å². The van der Waals surface area contributed by atoms with Gasteiger partial charge in [0.2, 0.25) is 5.91 Å². The lowest BCUT2D eigenvalue weighted by molar-refractivity contribution is -0.125. The zero-order valence-electron chi connectivity index (χ0n) is 10.1. The molecule has 1 fully saturated rings. The summed E-state index contributed by atoms with van der Waals surface area (Å²) in [6, 6.07) is 2.23. The summed E-state index contributed by atoms with van der Waals surface area (Å²) in [5.41, 5.74) is 0. The molecule has 0 aliphatic carbocycles. The molecule has 6 heteroatoms. The minimum atomic E-state index is 0.177. The largest absolute Gasteiger partial charge is 0.348 e. The summed E-state index contributed by atoms with van der Waals surface area (Å²) in [6.45, 7) is 2.38. The average molecular weight is 289 g/mol. The summed E-state index contributed by atoms with van der Waals surface area (Å²) >= 11 is 1.65. The summed E-state index contributed by atoms with van der Waals surface area (Å²) in [5.74, 6) is 0.718. The maximum atomic E-state index is 11.5. The number of rotatable bonds is 3. The van der Waals surface area contributed by atoms with Crippen LogP contribution in [-0.4, -0.2) is 43.7 Å². The van der Waals surface area contributed by atoms with Crippen molar-refractivity contribution in [1.82, 2.24) is 9.48 Å². The molecule has 0 bridgehead atoms. The van der Waals surface area contributed by atoms with Crippen molar-refractivity contribution in [3.63, 3.8) is 0 Å². The van der Waals surface area contributed by atoms with Gasteiger partial charge < -0.3 is 4.90 Å². The maximum absolute atomic E-state index is 11.5. The van der Waals surface area contributed by atoms with Crippen molar-refractivity contribution in [2.75, 3.05) is 32.9 Å². The molecular formula is C11H17N2OS3+. The number of amides is 1. The standard InChI is InChI=1S/C11H17N2OS3/c1-12(2)9(14)8-15-11-7-10(16-17-11)13-5-3-4-6-13/h7H,3-6,8H2,1-2H3/q+1. The van der Waals surface area contributed by atoms with Crippen LogP contribution in [0.5, 0.6) is 0 Å². The molecule has 0 radical (unpaired) electrons. The third-order valence-corrected chi connectivity index (χ3v) is 6.63. The summed E-state index contributed by atoms with van der Waals surface area (Å²) < 4.78 is 5.07. The third kappa shape index (κ3) is 3.56. The van der Waals surface area contributed by atoms with Gasteiger partial charge in [-0.05, 0) is 10.3 Å². The molecule has 17 heavy (non-hydrogen) atoms. The molecule has 1 aromatic rings. The van der Waals surface area contributed by atoms with Crippen LogP contribution in [-0.2, 0) is 4.79 Å². The predicted octanol–water partition coefficient (Wildman–Crippen LogP) is 1.56. The summed E-state index contributed by atoms with van der Waals surface area (Å²) in [5, 5.41) is 0. The minimum absolute atomic E-state index is 0.177. The normalized spacial score (nSPS) is 15.3. The highest BCUT2D eigenvalue weighted by atomic mass is 32.9. The van der Waals surface area contributed by atoms with Gasteiger partial charge in [0.15, 0.2) is 0 Å². The Morgan fingerprint density at radius 3 is 2.76 bits per heavy atom. The van der Waals surface area contributed by atoms with Gasteiger partial charge in [-0.3, -0.25) is 4.79 Å². The maximum Gasteiger partial charge on any atom is 0.268 e. The lowest BCUT2D eigenvalue weighted by Crippen LogP contribution is -2.24. The Hall–Kier alpha value is -0.330. The first-order valence-corrected chi connectivity index (χ1v) is 8.81. The molecule has 2 rings (SSSR count). The Kier molecular flexibility index (Phi) is 4.64. The van der Waals surface area contributed by atoms with E-state index in [2.05, 4.69) is 10.6 Å². The summed E-state index contributed by atoms with van der Waals surface area (Å²) in [7, 11) is 7.21. The monoisotopic (exact) mass is 289 g/mol. The van der Waals surface area contributed by atoms with E-state index in [0.29, 0.717) is 5.75 Å². The molecule has 1 saturated heterocycles. The second-order valence-electron chi connectivity index (χ2n) is 4.24. The van der Waals surface area contributed by atoms with Crippen LogP contribution in [0, 0.1) is 0 Å². The molecule has 1 amide bonds. The van der Waals surface area contributed by atoms with E-state index in [9.17, 15) is 4.79 Å². The second kappa shape index (κ2) is 6.02. The SMILES string of the molecule is CN(C)C(=O)CSc1cc(=[N+]2CCCC2)ss1. The van der Waals surface area contributed by atoms with E-state index in [1.165, 1.54) is 34.8 Å². The number of nitrogens with zero attached hydrogens (tertiary/aromatic N) is 2. The molecule has 1 aliphatic rings. The number of hydrogen-bond acceptors (Lipinski definition) is 4. The number of thioether (sulfide) groups is 1. The van der Waals surface area contributed by atoms with Crippen LogP contribution in [0.25, 0.3) is 0 Å². The highest BCUT2D eigenvalue weighted by Crippen LogP contribution is 2.24. The van der Waals surface area contributed by atoms with Gasteiger partial charge in [0.25, 0.3) is 4.67 Å². The van der Waals surface area contributed by atoms with E-state index < -0.39 is 0 Å². The second-order valence-corrected chi connectivity index (χ2v) is 7.71. The average Bonchev–Trinajstić information content (AvgIpc) is 2.95. The number of hydrogen-bond donors (Lipinski definition) is 0. The molecule has 3 nitrogen and oxygen atoms in total. The van der Waals surface area contributed by atoms with Gasteiger partial charge in [0.1, 0.15) is 13.1 Å². The molecule has 0 unspecified atom stereocenters. The molecule has 0 saturated carbocycles. The Labute approximate surface area is 113 Å². The fourth-order valence-electron chi connectivity index (χ4n) is 1.64. The van der Waals surface area contributed by atoms with Crippen molar-refractivity contribution >= 4 is 38.3 Å². The van der Waals surface area contributed by atoms with Crippen molar-refractivity contribution in [3.8, 4) is 0 Å². The first-order valence-electron chi connectivity index (χ1n) is 5.68. The molecule has 0 aromatic carbocycles. The van der Waals surface area contributed by atoms with Crippen molar-refractivity contribution in [1.29, 1.82) is 0 Å². The first-order chi connectivity index (χ1) is 8.16. The van der Waals surface area contributed by atoms with Crippen LogP contribution in [0.1, 0.15) is 12.8 Å². The Balaban J connectivity index is 1.99. The molecule has 0 spiro atoms. The fourth-order valence-corrected chi connectivity index (χ4v) is 5.51. The van der Waals surface area contributed by atoms with Gasteiger partial charge in [0, 0.05) is 33.0 Å². The van der Waals surface area contributed by atoms with Crippen LogP contribution in [0.2, 0.25) is 0 Å². The van der Waals surface area contributed by atoms with Crippen molar-refractivity contribution in [3.05, 3.63) is 10.7 Å². The highest BCUT2D eigenvalue weighted by Gasteiger charge is 2.15. The zero-order valence-corrected chi connectivity index (χ0v) is 12.6. The molecule has 1 aromatic heterocycles. The topological polar surface area (TPSA) is 23.3 Å². The van der Waals surface area contributed by atoms with E-state index in [4.69, 9.17) is 0 Å². The molecule has 1 aliphatic heterocycles. The van der Waals surface area contributed by atoms with Crippen LogP contribution in [0.15, 0.2) is 10.3 Å². The van der Waals surface area contributed by atoms with Crippen LogP contribution in [0.4, 0.5) is 0 Å². The van der Waals surface area contributed by atoms with E-state index in [-0.39, 0.29) is 5.91 Å². The minimum Gasteiger partial charge on any atom is -0.348 e. The highest BCUT2D eigenvalue weighted by molar-refractivity contribution is 8.03. The molecule has 94 valence electrons. The van der Waals surface area contributed by atoms with E-state index in [1.807, 2.05) is 10.3 Å². The van der Waals surface area contributed by atoms with Crippen molar-refractivity contribution in [2.24, 2.45) is 0 Å². The smallest absolute Gasteiger partial charge is 0.268 e. The van der Waals surface area contributed by atoms with E-state index in [1.54, 1.807) is 41.1 Å². The molecule has 2 heterocycles. The van der Waals surface area contributed by atoms with E-state index >= 15 is 0 Å². The third-order valence-electron chi connectivity index (χ3n) is 2.70. The Morgan fingerprint density at radius 2 is 2.12 bits per heavy atom. The number of carbonyl (C=O) groups is 1. The quantitative estimate of drug-likeness (QED) is 0.479. The van der Waals surface area contributed by atoms with Gasteiger partial charge >= 0.3 is 0 Å². The first kappa shape index (κ1) is 13.1. The lowest BCUT2D eigenvalue weighted by atomic mass is 10.4. The van der Waals surface area contributed by atoms with Gasteiger partial charge in [-0.15, -0.1) is 11.8 Å². The fraction of sp³-hybridized carbons (Fsp3) is 0.636. The van der Waals surface area contributed by atoms with Gasteiger partial charge in [-0.2, -0.15) is 0 Å². The van der Waals surface area contributed by atoms with Crippen LogP contribution in [0.3, 0.4) is 0 Å². The van der Waals surface area contributed by atoms with Crippen molar-refractivity contribution < 1.29 is 4.79 Å². The summed E-state index contributed by atoms with van der Waals surface area (Å²) in [6.07, 6.45) is 2.62. The zero-order chi connectivity index (χ0) is 12.3.